The van der Waals surface area contributed by atoms with Crippen LogP contribution >= 0.6 is 0 Å². The van der Waals surface area contributed by atoms with Crippen LogP contribution in [0, 0.1) is 5.92 Å². The van der Waals surface area contributed by atoms with E-state index in [1.165, 1.54) is 0 Å². The van der Waals surface area contributed by atoms with Gasteiger partial charge in [0.1, 0.15) is 6.61 Å². The molecule has 0 saturated carbocycles. The number of aliphatic hydroxyl groups is 1. The molecular formula is C8H17NO3. The standard InChI is InChI=1S/C8H17NO3/c1-6(2)12-5-7(3-9)8(11)4-10/h6-7,10H,3-5,9H2,1-2H3/t7-/m0/s1. The molecule has 0 aliphatic heterocycles. The van der Waals surface area contributed by atoms with E-state index in [1.54, 1.807) is 0 Å². The highest BCUT2D eigenvalue weighted by Gasteiger charge is 2.15. The topological polar surface area (TPSA) is 72.5 Å². The summed E-state index contributed by atoms with van der Waals surface area (Å²) in [5, 5.41) is 8.54. The van der Waals surface area contributed by atoms with Gasteiger partial charge in [-0.1, -0.05) is 0 Å². The van der Waals surface area contributed by atoms with Crippen LogP contribution in [0.25, 0.3) is 0 Å². The van der Waals surface area contributed by atoms with Crippen molar-refractivity contribution >= 4 is 5.78 Å². The first-order chi connectivity index (χ1) is 5.61. The minimum Gasteiger partial charge on any atom is -0.389 e. The van der Waals surface area contributed by atoms with Gasteiger partial charge in [0.25, 0.3) is 0 Å². The fraction of sp³-hybridized carbons (Fsp3) is 0.875. The molecule has 0 fully saturated rings. The van der Waals surface area contributed by atoms with Crippen molar-refractivity contribution in [2.24, 2.45) is 11.7 Å². The Labute approximate surface area is 72.7 Å². The summed E-state index contributed by atoms with van der Waals surface area (Å²) in [7, 11) is 0. The highest BCUT2D eigenvalue weighted by Crippen LogP contribution is 1.99. The molecule has 72 valence electrons. The fourth-order valence-corrected chi connectivity index (χ4v) is 0.730. The molecule has 0 radical (unpaired) electrons. The Balaban J connectivity index is 3.75. The molecule has 4 nitrogen and oxygen atoms in total. The normalized spacial score (nSPS) is 13.4. The molecule has 0 aromatic carbocycles. The smallest absolute Gasteiger partial charge is 0.164 e. The van der Waals surface area contributed by atoms with E-state index in [-0.39, 0.29) is 24.3 Å². The summed E-state index contributed by atoms with van der Waals surface area (Å²) in [6.45, 7) is 3.84. The molecule has 0 heterocycles. The molecule has 1 atom stereocenters. The maximum absolute atomic E-state index is 10.9. The maximum atomic E-state index is 10.9. The minimum atomic E-state index is -0.455. The number of hydrogen-bond acceptors (Lipinski definition) is 4. The average Bonchev–Trinajstić information content (AvgIpc) is 2.04. The first kappa shape index (κ1) is 11.6. The van der Waals surface area contributed by atoms with Crippen molar-refractivity contribution in [2.45, 2.75) is 20.0 Å². The number of aliphatic hydroxyl groups excluding tert-OH is 1. The Morgan fingerprint density at radius 1 is 1.58 bits per heavy atom. The first-order valence-electron chi connectivity index (χ1n) is 4.07. The molecule has 12 heavy (non-hydrogen) atoms. The van der Waals surface area contributed by atoms with Crippen LogP contribution in [0.15, 0.2) is 0 Å². The molecule has 0 aromatic rings. The Morgan fingerprint density at radius 3 is 2.50 bits per heavy atom. The third-order valence-corrected chi connectivity index (χ3v) is 1.53. The third kappa shape index (κ3) is 4.43. The lowest BCUT2D eigenvalue weighted by molar-refractivity contribution is -0.127. The minimum absolute atomic E-state index is 0.0885. The molecular weight excluding hydrogens is 158 g/mol. The van der Waals surface area contributed by atoms with Gasteiger partial charge in [0.2, 0.25) is 0 Å². The molecule has 0 rings (SSSR count). The van der Waals surface area contributed by atoms with Crippen LogP contribution in [0.5, 0.6) is 0 Å². The lowest BCUT2D eigenvalue weighted by Crippen LogP contribution is -2.31. The molecule has 4 heteroatoms. The van der Waals surface area contributed by atoms with Gasteiger partial charge in [0, 0.05) is 6.54 Å². The summed E-state index contributed by atoms with van der Waals surface area (Å²) in [6, 6.07) is 0. The van der Waals surface area contributed by atoms with E-state index in [1.807, 2.05) is 13.8 Å². The second kappa shape index (κ2) is 6.11. The zero-order chi connectivity index (χ0) is 9.56. The third-order valence-electron chi connectivity index (χ3n) is 1.53. The number of carbonyl (C=O) groups excluding carboxylic acids is 1. The van der Waals surface area contributed by atoms with E-state index in [9.17, 15) is 4.79 Å². The van der Waals surface area contributed by atoms with Crippen molar-refractivity contribution in [2.75, 3.05) is 19.8 Å². The largest absolute Gasteiger partial charge is 0.389 e. The summed E-state index contributed by atoms with van der Waals surface area (Å²) in [5.41, 5.74) is 5.32. The predicted molar refractivity (Wildman–Crippen MR) is 45.7 cm³/mol. The molecule has 0 bridgehead atoms. The van der Waals surface area contributed by atoms with Crippen LogP contribution in [0.3, 0.4) is 0 Å². The number of rotatable bonds is 6. The van der Waals surface area contributed by atoms with Crippen LogP contribution in [-0.4, -0.2) is 36.8 Å². The first-order valence-corrected chi connectivity index (χ1v) is 4.07. The van der Waals surface area contributed by atoms with E-state index in [4.69, 9.17) is 15.6 Å². The molecule has 0 unspecified atom stereocenters. The zero-order valence-electron chi connectivity index (χ0n) is 7.62. The highest BCUT2D eigenvalue weighted by atomic mass is 16.5. The lowest BCUT2D eigenvalue weighted by atomic mass is 10.1. The number of ketones is 1. The molecule has 0 aromatic heterocycles. The second-order valence-corrected chi connectivity index (χ2v) is 2.94. The fourth-order valence-electron chi connectivity index (χ4n) is 0.730. The van der Waals surface area contributed by atoms with Gasteiger partial charge in [-0.05, 0) is 13.8 Å². The van der Waals surface area contributed by atoms with Crippen molar-refractivity contribution < 1.29 is 14.6 Å². The van der Waals surface area contributed by atoms with Crippen molar-refractivity contribution in [3.05, 3.63) is 0 Å². The second-order valence-electron chi connectivity index (χ2n) is 2.94. The number of nitrogens with two attached hydrogens (primary N) is 1. The van der Waals surface area contributed by atoms with Gasteiger partial charge in [-0.3, -0.25) is 4.79 Å². The van der Waals surface area contributed by atoms with E-state index >= 15 is 0 Å². The summed E-state index contributed by atoms with van der Waals surface area (Å²) < 4.78 is 5.21. The number of ether oxygens (including phenoxy) is 1. The van der Waals surface area contributed by atoms with Crippen LogP contribution in [0.1, 0.15) is 13.8 Å². The molecule has 0 saturated heterocycles. The van der Waals surface area contributed by atoms with Gasteiger partial charge in [0.05, 0.1) is 18.6 Å². The molecule has 0 spiro atoms. The zero-order valence-corrected chi connectivity index (χ0v) is 7.62. The maximum Gasteiger partial charge on any atom is 0.164 e. The quantitative estimate of drug-likeness (QED) is 0.573. The van der Waals surface area contributed by atoms with E-state index in [2.05, 4.69) is 0 Å². The highest BCUT2D eigenvalue weighted by molar-refractivity contribution is 5.82. The van der Waals surface area contributed by atoms with Gasteiger partial charge < -0.3 is 15.6 Å². The van der Waals surface area contributed by atoms with Crippen molar-refractivity contribution in [1.82, 2.24) is 0 Å². The van der Waals surface area contributed by atoms with Gasteiger partial charge >= 0.3 is 0 Å². The van der Waals surface area contributed by atoms with Gasteiger partial charge in [0.15, 0.2) is 5.78 Å². The number of Topliss-reactive ketones (excluding diaryl/α,β-unsaturated/α-hetero) is 1. The summed E-state index contributed by atoms with van der Waals surface area (Å²) in [5.74, 6) is -0.615. The van der Waals surface area contributed by atoms with Crippen LogP contribution in [0.4, 0.5) is 0 Å². The summed E-state index contributed by atoms with van der Waals surface area (Å²) in [4.78, 5) is 10.9. The van der Waals surface area contributed by atoms with E-state index in [0.29, 0.717) is 6.61 Å². The van der Waals surface area contributed by atoms with Crippen molar-refractivity contribution in [3.8, 4) is 0 Å². The predicted octanol–water partition coefficient (Wildman–Crippen LogP) is -0.452. The van der Waals surface area contributed by atoms with E-state index < -0.39 is 6.61 Å². The average molecular weight is 175 g/mol. The Hall–Kier alpha value is -0.450. The lowest BCUT2D eigenvalue weighted by Gasteiger charge is -2.14. The molecule has 3 N–H and O–H groups in total. The molecule has 0 amide bonds. The number of carbonyl (C=O) groups is 1. The monoisotopic (exact) mass is 175 g/mol. The Kier molecular flexibility index (Phi) is 5.88. The van der Waals surface area contributed by atoms with Gasteiger partial charge in [-0.15, -0.1) is 0 Å². The summed E-state index contributed by atoms with van der Waals surface area (Å²) >= 11 is 0. The Bertz CT molecular complexity index is 136. The molecule has 0 aliphatic carbocycles. The van der Waals surface area contributed by atoms with Crippen LogP contribution in [0.2, 0.25) is 0 Å². The van der Waals surface area contributed by atoms with Crippen molar-refractivity contribution in [1.29, 1.82) is 0 Å². The van der Waals surface area contributed by atoms with Gasteiger partial charge in [-0.2, -0.15) is 0 Å². The Morgan fingerprint density at radius 2 is 2.17 bits per heavy atom. The SMILES string of the molecule is CC(C)OC[C@H](CN)C(=O)CO. The summed E-state index contributed by atoms with van der Waals surface area (Å²) in [6.07, 6.45) is 0.0885. The molecule has 0 aliphatic rings. The van der Waals surface area contributed by atoms with Crippen LogP contribution in [-0.2, 0) is 9.53 Å². The van der Waals surface area contributed by atoms with Gasteiger partial charge in [-0.25, -0.2) is 0 Å². The van der Waals surface area contributed by atoms with Crippen LogP contribution < -0.4 is 5.73 Å². The van der Waals surface area contributed by atoms with Crippen molar-refractivity contribution in [3.63, 3.8) is 0 Å². The number of hydrogen-bond donors (Lipinski definition) is 2. The van der Waals surface area contributed by atoms with E-state index in [0.717, 1.165) is 0 Å².